The topological polar surface area (TPSA) is 54.0 Å². The number of hydrogen-bond acceptors (Lipinski definition) is 4. The molecule has 0 saturated carbocycles. The summed E-state index contributed by atoms with van der Waals surface area (Å²) in [4.78, 5) is 17.3. The van der Waals surface area contributed by atoms with Crippen LogP contribution in [0.3, 0.4) is 0 Å². The standard InChI is InChI=1S/C19H18FN3OS/c1-12-3-5-14(6-4-12)11-21-18(24)17-13(2)22-19(25-17)23-16-9-7-15(20)8-10-16/h3-10H,11H2,1-2H3,(H,21,24)(H,22,23). The molecule has 0 aliphatic heterocycles. The van der Waals surface area contributed by atoms with Gasteiger partial charge in [0.25, 0.3) is 5.91 Å². The number of halogens is 1. The molecule has 6 heteroatoms. The number of nitrogens with zero attached hydrogens (tertiary/aromatic N) is 1. The first-order valence-corrected chi connectivity index (χ1v) is 8.66. The second kappa shape index (κ2) is 7.44. The van der Waals surface area contributed by atoms with Gasteiger partial charge in [-0.1, -0.05) is 41.2 Å². The largest absolute Gasteiger partial charge is 0.347 e. The Kier molecular flexibility index (Phi) is 5.09. The predicted octanol–water partition coefficient (Wildman–Crippen LogP) is 4.57. The lowest BCUT2D eigenvalue weighted by Crippen LogP contribution is -2.22. The molecule has 128 valence electrons. The number of benzene rings is 2. The van der Waals surface area contributed by atoms with Crippen LogP contribution in [0, 0.1) is 19.7 Å². The Morgan fingerprint density at radius 3 is 2.44 bits per heavy atom. The number of amides is 1. The van der Waals surface area contributed by atoms with E-state index in [4.69, 9.17) is 0 Å². The zero-order valence-corrected chi connectivity index (χ0v) is 14.8. The van der Waals surface area contributed by atoms with E-state index in [9.17, 15) is 9.18 Å². The molecule has 0 spiro atoms. The van der Waals surface area contributed by atoms with Crippen molar-refractivity contribution in [3.8, 4) is 0 Å². The van der Waals surface area contributed by atoms with Crippen LogP contribution in [0.2, 0.25) is 0 Å². The lowest BCUT2D eigenvalue weighted by atomic mass is 10.1. The van der Waals surface area contributed by atoms with E-state index in [0.717, 1.165) is 11.3 Å². The van der Waals surface area contributed by atoms with Crippen LogP contribution < -0.4 is 10.6 Å². The molecule has 25 heavy (non-hydrogen) atoms. The first-order chi connectivity index (χ1) is 12.0. The number of aryl methyl sites for hydroxylation is 2. The molecule has 0 aliphatic rings. The number of hydrogen-bond donors (Lipinski definition) is 2. The van der Waals surface area contributed by atoms with Crippen molar-refractivity contribution in [3.05, 3.63) is 76.0 Å². The molecule has 1 amide bonds. The number of carbonyl (C=O) groups is 1. The quantitative estimate of drug-likeness (QED) is 0.705. The molecular weight excluding hydrogens is 337 g/mol. The van der Waals surface area contributed by atoms with Gasteiger partial charge < -0.3 is 10.6 Å². The van der Waals surface area contributed by atoms with E-state index in [1.807, 2.05) is 31.2 Å². The van der Waals surface area contributed by atoms with Gasteiger partial charge in [0.2, 0.25) is 0 Å². The Morgan fingerprint density at radius 2 is 1.76 bits per heavy atom. The first kappa shape index (κ1) is 17.1. The average Bonchev–Trinajstić information content (AvgIpc) is 2.96. The second-order valence-corrected chi connectivity index (χ2v) is 6.73. The summed E-state index contributed by atoms with van der Waals surface area (Å²) in [5.41, 5.74) is 3.62. The highest BCUT2D eigenvalue weighted by atomic mass is 32.1. The van der Waals surface area contributed by atoms with Gasteiger partial charge in [-0.3, -0.25) is 4.79 Å². The Hall–Kier alpha value is -2.73. The van der Waals surface area contributed by atoms with E-state index in [1.54, 1.807) is 19.1 Å². The highest BCUT2D eigenvalue weighted by Gasteiger charge is 2.15. The van der Waals surface area contributed by atoms with Crippen molar-refractivity contribution in [1.29, 1.82) is 0 Å². The van der Waals surface area contributed by atoms with Gasteiger partial charge in [0.15, 0.2) is 5.13 Å². The van der Waals surface area contributed by atoms with Crippen LogP contribution in [0.5, 0.6) is 0 Å². The Balaban J connectivity index is 1.65. The van der Waals surface area contributed by atoms with Crippen LogP contribution in [0.15, 0.2) is 48.5 Å². The van der Waals surface area contributed by atoms with E-state index in [0.29, 0.717) is 22.2 Å². The van der Waals surface area contributed by atoms with Crippen LogP contribution in [0.25, 0.3) is 0 Å². The fourth-order valence-electron chi connectivity index (χ4n) is 2.29. The summed E-state index contributed by atoms with van der Waals surface area (Å²) in [7, 11) is 0. The maximum atomic E-state index is 13.0. The number of nitrogens with one attached hydrogen (secondary N) is 2. The minimum absolute atomic E-state index is 0.150. The summed E-state index contributed by atoms with van der Waals surface area (Å²) >= 11 is 1.28. The van der Waals surface area contributed by atoms with Crippen molar-refractivity contribution in [3.63, 3.8) is 0 Å². The molecule has 1 aromatic heterocycles. The van der Waals surface area contributed by atoms with Gasteiger partial charge in [0.05, 0.1) is 5.69 Å². The SMILES string of the molecule is Cc1ccc(CNC(=O)c2sc(Nc3ccc(F)cc3)nc2C)cc1. The zero-order valence-electron chi connectivity index (χ0n) is 14.0. The maximum Gasteiger partial charge on any atom is 0.263 e. The fourth-order valence-corrected chi connectivity index (χ4v) is 3.19. The molecule has 2 N–H and O–H groups in total. The molecule has 0 saturated heterocycles. The molecule has 3 aromatic rings. The van der Waals surface area contributed by atoms with Crippen molar-refractivity contribution in [2.45, 2.75) is 20.4 Å². The minimum atomic E-state index is -0.294. The highest BCUT2D eigenvalue weighted by molar-refractivity contribution is 7.17. The summed E-state index contributed by atoms with van der Waals surface area (Å²) < 4.78 is 13.0. The van der Waals surface area contributed by atoms with Gasteiger partial charge in [-0.2, -0.15) is 0 Å². The molecule has 3 rings (SSSR count). The first-order valence-electron chi connectivity index (χ1n) is 7.85. The molecule has 0 unspecified atom stereocenters. The summed E-state index contributed by atoms with van der Waals surface area (Å²) in [6.07, 6.45) is 0. The van der Waals surface area contributed by atoms with Crippen LogP contribution in [0.1, 0.15) is 26.5 Å². The molecule has 0 radical (unpaired) electrons. The number of aromatic nitrogens is 1. The highest BCUT2D eigenvalue weighted by Crippen LogP contribution is 2.26. The molecular formula is C19H18FN3OS. The molecule has 1 heterocycles. The van der Waals surface area contributed by atoms with Crippen molar-refractivity contribution in [2.75, 3.05) is 5.32 Å². The molecule has 0 fully saturated rings. The molecule has 4 nitrogen and oxygen atoms in total. The van der Waals surface area contributed by atoms with Gasteiger partial charge in [-0.15, -0.1) is 0 Å². The maximum absolute atomic E-state index is 13.0. The Labute approximate surface area is 149 Å². The van der Waals surface area contributed by atoms with Gasteiger partial charge in [-0.05, 0) is 43.7 Å². The summed E-state index contributed by atoms with van der Waals surface area (Å²) in [6, 6.07) is 14.0. The van der Waals surface area contributed by atoms with E-state index >= 15 is 0 Å². The lowest BCUT2D eigenvalue weighted by Gasteiger charge is -2.04. The van der Waals surface area contributed by atoms with Gasteiger partial charge in [0.1, 0.15) is 10.7 Å². The third-order valence-electron chi connectivity index (χ3n) is 3.67. The summed E-state index contributed by atoms with van der Waals surface area (Å²) in [5.74, 6) is -0.445. The summed E-state index contributed by atoms with van der Waals surface area (Å²) in [6.45, 7) is 4.29. The van der Waals surface area contributed by atoms with E-state index in [1.165, 1.54) is 29.0 Å². The molecule has 0 bridgehead atoms. The molecule has 2 aromatic carbocycles. The van der Waals surface area contributed by atoms with Gasteiger partial charge >= 0.3 is 0 Å². The Morgan fingerprint density at radius 1 is 1.08 bits per heavy atom. The van der Waals surface area contributed by atoms with Crippen molar-refractivity contribution in [1.82, 2.24) is 10.3 Å². The second-order valence-electron chi connectivity index (χ2n) is 5.73. The van der Waals surface area contributed by atoms with Crippen molar-refractivity contribution in [2.24, 2.45) is 0 Å². The fraction of sp³-hybridized carbons (Fsp3) is 0.158. The smallest absolute Gasteiger partial charge is 0.263 e. The molecule has 0 atom stereocenters. The normalized spacial score (nSPS) is 10.5. The van der Waals surface area contributed by atoms with E-state index < -0.39 is 0 Å². The zero-order chi connectivity index (χ0) is 17.8. The summed E-state index contributed by atoms with van der Waals surface area (Å²) in [5, 5.41) is 6.60. The number of rotatable bonds is 5. The van der Waals surface area contributed by atoms with Crippen molar-refractivity contribution >= 4 is 28.1 Å². The van der Waals surface area contributed by atoms with Gasteiger partial charge in [0, 0.05) is 12.2 Å². The van der Waals surface area contributed by atoms with Crippen LogP contribution in [0.4, 0.5) is 15.2 Å². The van der Waals surface area contributed by atoms with Gasteiger partial charge in [-0.25, -0.2) is 9.37 Å². The average molecular weight is 355 g/mol. The lowest BCUT2D eigenvalue weighted by molar-refractivity contribution is 0.0954. The monoisotopic (exact) mass is 355 g/mol. The third kappa shape index (κ3) is 4.42. The Bertz CT molecular complexity index is 873. The van der Waals surface area contributed by atoms with Crippen molar-refractivity contribution < 1.29 is 9.18 Å². The van der Waals surface area contributed by atoms with E-state index in [2.05, 4.69) is 15.6 Å². The predicted molar refractivity (Wildman–Crippen MR) is 98.9 cm³/mol. The molecule has 0 aliphatic carbocycles. The third-order valence-corrected chi connectivity index (χ3v) is 4.74. The number of carbonyl (C=O) groups excluding carboxylic acids is 1. The van der Waals surface area contributed by atoms with E-state index in [-0.39, 0.29) is 11.7 Å². The minimum Gasteiger partial charge on any atom is -0.347 e. The van der Waals surface area contributed by atoms with Crippen LogP contribution in [-0.2, 0) is 6.54 Å². The van der Waals surface area contributed by atoms with Crippen LogP contribution >= 0.6 is 11.3 Å². The number of anilines is 2. The van der Waals surface area contributed by atoms with Crippen LogP contribution in [-0.4, -0.2) is 10.9 Å². The number of thiazole rings is 1.